The topological polar surface area (TPSA) is 90.0 Å². The van der Waals surface area contributed by atoms with Gasteiger partial charge >= 0.3 is 12.0 Å². The van der Waals surface area contributed by atoms with Crippen LogP contribution in [0, 0.1) is 0 Å². The van der Waals surface area contributed by atoms with Gasteiger partial charge in [-0.25, -0.2) is 9.59 Å². The van der Waals surface area contributed by atoms with E-state index in [2.05, 4.69) is 5.32 Å². The molecule has 1 heterocycles. The van der Waals surface area contributed by atoms with E-state index in [9.17, 15) is 14.4 Å². The molecule has 102 valence electrons. The quantitative estimate of drug-likeness (QED) is 0.728. The lowest BCUT2D eigenvalue weighted by molar-refractivity contribution is -0.143. The smallest absolute Gasteiger partial charge is 0.329 e. The van der Waals surface area contributed by atoms with Crippen molar-refractivity contribution in [1.82, 2.24) is 15.1 Å². The third kappa shape index (κ3) is 2.91. The summed E-state index contributed by atoms with van der Waals surface area (Å²) in [5.41, 5.74) is -1.30. The molecular formula is C11H19N3O4. The summed E-state index contributed by atoms with van der Waals surface area (Å²) in [6.45, 7) is 3.99. The second-order valence-electron chi connectivity index (χ2n) is 4.66. The number of hydrogen-bond acceptors (Lipinski definition) is 3. The number of carboxylic acids is 1. The Balaban J connectivity index is 2.66. The van der Waals surface area contributed by atoms with Crippen molar-refractivity contribution in [3.8, 4) is 0 Å². The highest BCUT2D eigenvalue weighted by molar-refractivity contribution is 5.89. The Kier molecular flexibility index (Phi) is 4.15. The van der Waals surface area contributed by atoms with Gasteiger partial charge in [0, 0.05) is 20.1 Å². The standard InChI is InChI=1S/C11H19N3O4/c1-4-11(2,9(16)17)12-10(18)14-6-5-13(3)8(15)7-14/h4-7H2,1-3H3,(H,12,18)(H,16,17). The maximum atomic E-state index is 11.9. The highest BCUT2D eigenvalue weighted by Crippen LogP contribution is 2.11. The molecule has 7 heteroatoms. The molecule has 1 aliphatic heterocycles. The number of nitrogens with zero attached hydrogens (tertiary/aromatic N) is 2. The number of aliphatic carboxylic acids is 1. The molecule has 1 aliphatic rings. The van der Waals surface area contributed by atoms with Gasteiger partial charge in [0.1, 0.15) is 12.1 Å². The Morgan fingerprint density at radius 2 is 2.06 bits per heavy atom. The molecule has 18 heavy (non-hydrogen) atoms. The molecule has 0 radical (unpaired) electrons. The van der Waals surface area contributed by atoms with E-state index in [1.54, 1.807) is 18.9 Å². The number of rotatable bonds is 3. The van der Waals surface area contributed by atoms with Crippen molar-refractivity contribution in [2.75, 3.05) is 26.7 Å². The van der Waals surface area contributed by atoms with Gasteiger partial charge in [0.25, 0.3) is 0 Å². The van der Waals surface area contributed by atoms with Crippen LogP contribution in [-0.4, -0.2) is 65.0 Å². The largest absolute Gasteiger partial charge is 0.480 e. The Hall–Kier alpha value is -1.79. The van der Waals surface area contributed by atoms with E-state index in [0.29, 0.717) is 13.1 Å². The van der Waals surface area contributed by atoms with Crippen molar-refractivity contribution in [3.63, 3.8) is 0 Å². The third-order valence-electron chi connectivity index (χ3n) is 3.31. The van der Waals surface area contributed by atoms with E-state index in [1.165, 1.54) is 11.8 Å². The minimum atomic E-state index is -1.30. The maximum Gasteiger partial charge on any atom is 0.329 e. The van der Waals surface area contributed by atoms with Gasteiger partial charge in [-0.05, 0) is 13.3 Å². The molecule has 1 fully saturated rings. The molecule has 1 rings (SSSR count). The summed E-state index contributed by atoms with van der Waals surface area (Å²) in [6, 6.07) is -0.511. The normalized spacial score (nSPS) is 19.4. The van der Waals surface area contributed by atoms with E-state index < -0.39 is 17.5 Å². The molecule has 1 unspecified atom stereocenters. The van der Waals surface area contributed by atoms with Gasteiger partial charge in [-0.1, -0.05) is 6.92 Å². The predicted octanol–water partition coefficient (Wildman–Crippen LogP) is -0.277. The zero-order valence-electron chi connectivity index (χ0n) is 10.9. The number of amides is 3. The Bertz CT molecular complexity index is 371. The number of carbonyl (C=O) groups is 3. The molecular weight excluding hydrogens is 238 g/mol. The summed E-state index contributed by atoms with van der Waals surface area (Å²) in [5, 5.41) is 11.5. The van der Waals surface area contributed by atoms with Gasteiger partial charge in [-0.3, -0.25) is 4.79 Å². The SMILES string of the molecule is CCC(C)(NC(=O)N1CCN(C)C(=O)C1)C(=O)O. The lowest BCUT2D eigenvalue weighted by Gasteiger charge is -2.34. The number of likely N-dealkylation sites (N-methyl/N-ethyl adjacent to an activating group) is 1. The molecule has 0 aromatic heterocycles. The van der Waals surface area contributed by atoms with Gasteiger partial charge in [-0.15, -0.1) is 0 Å². The van der Waals surface area contributed by atoms with Gasteiger partial charge in [0.05, 0.1) is 0 Å². The molecule has 0 aromatic rings. The molecule has 0 aromatic carbocycles. The fourth-order valence-corrected chi connectivity index (χ4v) is 1.54. The van der Waals surface area contributed by atoms with Crippen LogP contribution < -0.4 is 5.32 Å². The van der Waals surface area contributed by atoms with Crippen LogP contribution in [0.3, 0.4) is 0 Å². The number of hydrogen-bond donors (Lipinski definition) is 2. The van der Waals surface area contributed by atoms with Crippen LogP contribution in [0.15, 0.2) is 0 Å². The monoisotopic (exact) mass is 257 g/mol. The van der Waals surface area contributed by atoms with E-state index >= 15 is 0 Å². The number of piperazine rings is 1. The first-order chi connectivity index (χ1) is 8.30. The van der Waals surface area contributed by atoms with Crippen molar-refractivity contribution in [2.24, 2.45) is 0 Å². The van der Waals surface area contributed by atoms with Crippen LogP contribution in [0.2, 0.25) is 0 Å². The summed E-state index contributed by atoms with van der Waals surface area (Å²) in [5.74, 6) is -1.23. The number of nitrogens with one attached hydrogen (secondary N) is 1. The Morgan fingerprint density at radius 1 is 1.44 bits per heavy atom. The van der Waals surface area contributed by atoms with E-state index in [1.807, 2.05) is 0 Å². The van der Waals surface area contributed by atoms with Gasteiger partial charge in [-0.2, -0.15) is 0 Å². The zero-order valence-corrected chi connectivity index (χ0v) is 10.9. The van der Waals surface area contributed by atoms with Crippen LogP contribution in [0.5, 0.6) is 0 Å². The minimum Gasteiger partial charge on any atom is -0.480 e. The molecule has 2 N–H and O–H groups in total. The average Bonchev–Trinajstić information content (AvgIpc) is 2.32. The van der Waals surface area contributed by atoms with E-state index in [0.717, 1.165) is 0 Å². The predicted molar refractivity (Wildman–Crippen MR) is 64.1 cm³/mol. The first kappa shape index (κ1) is 14.3. The molecule has 0 spiro atoms. The first-order valence-corrected chi connectivity index (χ1v) is 5.84. The fourth-order valence-electron chi connectivity index (χ4n) is 1.54. The lowest BCUT2D eigenvalue weighted by atomic mass is 10.00. The Labute approximate surface area is 106 Å². The van der Waals surface area contributed by atoms with Crippen molar-refractivity contribution >= 4 is 17.9 Å². The molecule has 3 amide bonds. The second kappa shape index (κ2) is 5.24. The van der Waals surface area contributed by atoms with E-state index in [4.69, 9.17) is 5.11 Å². The molecule has 0 aliphatic carbocycles. The van der Waals surface area contributed by atoms with Crippen molar-refractivity contribution in [3.05, 3.63) is 0 Å². The summed E-state index contributed by atoms with van der Waals surface area (Å²) in [4.78, 5) is 37.3. The van der Waals surface area contributed by atoms with Crippen LogP contribution in [0.1, 0.15) is 20.3 Å². The van der Waals surface area contributed by atoms with Crippen molar-refractivity contribution in [2.45, 2.75) is 25.8 Å². The zero-order chi connectivity index (χ0) is 13.9. The molecule has 0 saturated carbocycles. The number of urea groups is 1. The summed E-state index contributed by atoms with van der Waals surface area (Å²) >= 11 is 0. The van der Waals surface area contributed by atoms with Crippen LogP contribution >= 0.6 is 0 Å². The van der Waals surface area contributed by atoms with E-state index in [-0.39, 0.29) is 18.9 Å². The maximum absolute atomic E-state index is 11.9. The van der Waals surface area contributed by atoms with Crippen LogP contribution in [0.4, 0.5) is 4.79 Å². The molecule has 1 atom stereocenters. The highest BCUT2D eigenvalue weighted by Gasteiger charge is 2.35. The summed E-state index contributed by atoms with van der Waals surface area (Å²) in [6.07, 6.45) is 0.274. The highest BCUT2D eigenvalue weighted by atomic mass is 16.4. The lowest BCUT2D eigenvalue weighted by Crippen LogP contribution is -2.59. The number of carboxylic acid groups (broad SMARTS) is 1. The fraction of sp³-hybridized carbons (Fsp3) is 0.727. The van der Waals surface area contributed by atoms with Gasteiger partial charge in [0.2, 0.25) is 5.91 Å². The summed E-state index contributed by atoms with van der Waals surface area (Å²) < 4.78 is 0. The minimum absolute atomic E-state index is 0.0122. The average molecular weight is 257 g/mol. The number of carbonyl (C=O) groups excluding carboxylic acids is 2. The van der Waals surface area contributed by atoms with Gasteiger partial charge in [0.15, 0.2) is 0 Å². The summed E-state index contributed by atoms with van der Waals surface area (Å²) in [7, 11) is 1.67. The van der Waals surface area contributed by atoms with Crippen molar-refractivity contribution < 1.29 is 19.5 Å². The molecule has 0 bridgehead atoms. The van der Waals surface area contributed by atoms with Crippen LogP contribution in [0.25, 0.3) is 0 Å². The van der Waals surface area contributed by atoms with Crippen molar-refractivity contribution in [1.29, 1.82) is 0 Å². The second-order valence-corrected chi connectivity index (χ2v) is 4.66. The first-order valence-electron chi connectivity index (χ1n) is 5.84. The third-order valence-corrected chi connectivity index (χ3v) is 3.31. The van der Waals surface area contributed by atoms with Gasteiger partial charge < -0.3 is 20.2 Å². The molecule has 7 nitrogen and oxygen atoms in total. The molecule has 1 saturated heterocycles. The Morgan fingerprint density at radius 3 is 2.50 bits per heavy atom. The van der Waals surface area contributed by atoms with Crippen LogP contribution in [-0.2, 0) is 9.59 Å².